The van der Waals surface area contributed by atoms with Gasteiger partial charge in [0.15, 0.2) is 5.52 Å². The Balaban J connectivity index is 1.22. The van der Waals surface area contributed by atoms with Gasteiger partial charge in [-0.25, -0.2) is 17.8 Å². The highest BCUT2D eigenvalue weighted by molar-refractivity contribution is 7.89. The molecule has 4 rings (SSSR count). The molecule has 31 heavy (non-hydrogen) atoms. The molecular weight excluding hydrogens is 422 g/mol. The number of nitrogens with zero attached hydrogens (tertiary/aromatic N) is 4. The highest BCUT2D eigenvalue weighted by atomic mass is 32.2. The third-order valence-corrected chi connectivity index (χ3v) is 6.97. The first-order valence-corrected chi connectivity index (χ1v) is 11.6. The first-order valence-electron chi connectivity index (χ1n) is 10.1. The fourth-order valence-corrected chi connectivity index (χ4v) is 5.05. The van der Waals surface area contributed by atoms with Gasteiger partial charge in [0.05, 0.1) is 4.92 Å². The topological polar surface area (TPSA) is 131 Å². The van der Waals surface area contributed by atoms with Gasteiger partial charge in [-0.3, -0.25) is 15.0 Å². The quantitative estimate of drug-likeness (QED) is 0.302. The Bertz CT molecular complexity index is 1190. The lowest BCUT2D eigenvalue weighted by Crippen LogP contribution is -2.31. The summed E-state index contributed by atoms with van der Waals surface area (Å²) in [5, 5.41) is 18.3. The fourth-order valence-electron chi connectivity index (χ4n) is 3.83. The number of nitrogens with one attached hydrogen (secondary N) is 1. The number of nitro groups is 1. The van der Waals surface area contributed by atoms with Crippen molar-refractivity contribution >= 4 is 26.7 Å². The number of nitro benzene ring substituents is 1. The molecule has 1 N–H and O–H groups in total. The molecule has 0 spiro atoms. The van der Waals surface area contributed by atoms with Gasteiger partial charge in [0.1, 0.15) is 10.4 Å². The third-order valence-electron chi connectivity index (χ3n) is 5.47. The zero-order chi connectivity index (χ0) is 21.8. The highest BCUT2D eigenvalue weighted by Crippen LogP contribution is 2.24. The summed E-state index contributed by atoms with van der Waals surface area (Å²) < 4.78 is 32.3. The van der Waals surface area contributed by atoms with Crippen molar-refractivity contribution in [1.29, 1.82) is 0 Å². The Hall–Kier alpha value is -2.89. The smallest absolute Gasteiger partial charge is 0.269 e. The molecule has 0 atom stereocenters. The lowest BCUT2D eigenvalue weighted by molar-refractivity contribution is -0.385. The van der Waals surface area contributed by atoms with Crippen molar-refractivity contribution in [2.75, 3.05) is 19.6 Å². The van der Waals surface area contributed by atoms with Crippen molar-refractivity contribution in [3.63, 3.8) is 0 Å². The zero-order valence-electron chi connectivity index (χ0n) is 16.9. The van der Waals surface area contributed by atoms with Crippen molar-refractivity contribution in [3.8, 4) is 0 Å². The van der Waals surface area contributed by atoms with Crippen LogP contribution in [0.5, 0.6) is 0 Å². The van der Waals surface area contributed by atoms with Crippen LogP contribution < -0.4 is 4.72 Å². The Kier molecular flexibility index (Phi) is 6.25. The molecule has 0 saturated heterocycles. The van der Waals surface area contributed by atoms with Crippen molar-refractivity contribution in [2.24, 2.45) is 0 Å². The number of fused-ring (bicyclic) bond motifs is 2. The molecule has 164 valence electrons. The molecule has 1 aliphatic rings. The maximum Gasteiger partial charge on any atom is 0.269 e. The van der Waals surface area contributed by atoms with E-state index in [1.165, 1.54) is 11.6 Å². The van der Waals surface area contributed by atoms with Crippen LogP contribution in [0.25, 0.3) is 11.0 Å². The van der Waals surface area contributed by atoms with E-state index in [0.717, 1.165) is 37.9 Å². The van der Waals surface area contributed by atoms with Gasteiger partial charge < -0.3 is 0 Å². The predicted octanol–water partition coefficient (Wildman–Crippen LogP) is 2.64. The maximum absolute atomic E-state index is 12.5. The summed E-state index contributed by atoms with van der Waals surface area (Å²) in [6.45, 7) is 2.84. The van der Waals surface area contributed by atoms with Crippen LogP contribution in [0.3, 0.4) is 0 Å². The van der Waals surface area contributed by atoms with Gasteiger partial charge >= 0.3 is 0 Å². The number of aromatic nitrogens is 2. The van der Waals surface area contributed by atoms with Crippen LogP contribution in [-0.4, -0.2) is 48.2 Å². The Morgan fingerprint density at radius 1 is 1.13 bits per heavy atom. The van der Waals surface area contributed by atoms with E-state index in [0.29, 0.717) is 25.0 Å². The molecule has 2 heterocycles. The SMILES string of the molecule is O=[N+]([O-])c1ccc2c(c1)CN(CCCCCNS(=O)(=O)c1cccc3nonc13)CC2. The molecule has 0 amide bonds. The number of benzene rings is 2. The predicted molar refractivity (Wildman–Crippen MR) is 113 cm³/mol. The number of non-ortho nitro benzene ring substituents is 1. The lowest BCUT2D eigenvalue weighted by Gasteiger charge is -2.28. The van der Waals surface area contributed by atoms with Crippen LogP contribution >= 0.6 is 0 Å². The van der Waals surface area contributed by atoms with Gasteiger partial charge in [-0.2, -0.15) is 0 Å². The van der Waals surface area contributed by atoms with E-state index < -0.39 is 10.0 Å². The molecule has 10 nitrogen and oxygen atoms in total. The molecule has 0 radical (unpaired) electrons. The molecular formula is C20H23N5O5S. The number of sulfonamides is 1. The van der Waals surface area contributed by atoms with E-state index in [9.17, 15) is 18.5 Å². The summed E-state index contributed by atoms with van der Waals surface area (Å²) in [4.78, 5) is 13.0. The van der Waals surface area contributed by atoms with E-state index in [1.807, 2.05) is 6.07 Å². The first-order chi connectivity index (χ1) is 14.9. The molecule has 11 heteroatoms. The Labute approximate surface area is 179 Å². The second-order valence-electron chi connectivity index (χ2n) is 7.58. The summed E-state index contributed by atoms with van der Waals surface area (Å²) >= 11 is 0. The van der Waals surface area contributed by atoms with Crippen molar-refractivity contribution in [3.05, 3.63) is 57.6 Å². The standard InChI is InChI=1S/C20H23N5O5S/c26-25(27)17-8-7-15-9-12-24(14-16(15)13-17)11-3-1-2-10-21-31(28,29)19-6-4-5-18-20(19)23-30-22-18/h4-8,13,21H,1-3,9-12,14H2. The number of unbranched alkanes of at least 4 members (excludes halogenated alkanes) is 2. The number of rotatable bonds is 9. The van der Waals surface area contributed by atoms with Gasteiger partial charge in [-0.15, -0.1) is 0 Å². The first kappa shape index (κ1) is 21.3. The van der Waals surface area contributed by atoms with Crippen LogP contribution in [0.1, 0.15) is 30.4 Å². The van der Waals surface area contributed by atoms with E-state index in [-0.39, 0.29) is 21.0 Å². The monoisotopic (exact) mass is 445 g/mol. The average Bonchev–Trinajstić information content (AvgIpc) is 3.24. The van der Waals surface area contributed by atoms with Crippen LogP contribution in [0.15, 0.2) is 45.9 Å². The normalized spacial score (nSPS) is 14.6. The summed E-state index contributed by atoms with van der Waals surface area (Å²) in [5.41, 5.74) is 2.94. The summed E-state index contributed by atoms with van der Waals surface area (Å²) in [5.74, 6) is 0. The minimum absolute atomic E-state index is 0.0623. The summed E-state index contributed by atoms with van der Waals surface area (Å²) in [6.07, 6.45) is 3.39. The average molecular weight is 446 g/mol. The van der Waals surface area contributed by atoms with Crippen molar-refractivity contribution < 1.29 is 18.0 Å². The Morgan fingerprint density at radius 2 is 2.00 bits per heavy atom. The minimum Gasteiger partial charge on any atom is -0.299 e. The summed E-state index contributed by atoms with van der Waals surface area (Å²) in [6, 6.07) is 9.81. The second kappa shape index (κ2) is 9.08. The van der Waals surface area contributed by atoms with E-state index in [1.54, 1.807) is 24.3 Å². The van der Waals surface area contributed by atoms with Gasteiger partial charge in [0, 0.05) is 31.8 Å². The van der Waals surface area contributed by atoms with Crippen molar-refractivity contribution in [1.82, 2.24) is 19.9 Å². The molecule has 1 aromatic heterocycles. The van der Waals surface area contributed by atoms with E-state index in [2.05, 4.69) is 24.6 Å². The summed E-state index contributed by atoms with van der Waals surface area (Å²) in [7, 11) is -3.69. The Morgan fingerprint density at radius 3 is 2.84 bits per heavy atom. The van der Waals surface area contributed by atoms with E-state index >= 15 is 0 Å². The maximum atomic E-state index is 12.5. The largest absolute Gasteiger partial charge is 0.299 e. The number of hydrogen-bond donors (Lipinski definition) is 1. The van der Waals surface area contributed by atoms with Crippen LogP contribution in [-0.2, 0) is 23.0 Å². The molecule has 3 aromatic rings. The molecule has 2 aromatic carbocycles. The minimum atomic E-state index is -3.69. The van der Waals surface area contributed by atoms with E-state index in [4.69, 9.17) is 0 Å². The molecule has 0 bridgehead atoms. The van der Waals surface area contributed by atoms with Crippen LogP contribution in [0.4, 0.5) is 5.69 Å². The third kappa shape index (κ3) is 4.89. The number of hydrogen-bond acceptors (Lipinski definition) is 8. The molecule has 0 saturated carbocycles. The van der Waals surface area contributed by atoms with Gasteiger partial charge in [-0.1, -0.05) is 18.6 Å². The fraction of sp³-hybridized carbons (Fsp3) is 0.400. The lowest BCUT2D eigenvalue weighted by atomic mass is 9.99. The van der Waals surface area contributed by atoms with Crippen LogP contribution in [0, 0.1) is 10.1 Å². The van der Waals surface area contributed by atoms with Crippen LogP contribution in [0.2, 0.25) is 0 Å². The highest BCUT2D eigenvalue weighted by Gasteiger charge is 2.20. The van der Waals surface area contributed by atoms with Gasteiger partial charge in [0.25, 0.3) is 5.69 Å². The van der Waals surface area contributed by atoms with Gasteiger partial charge in [0.2, 0.25) is 10.0 Å². The molecule has 1 aliphatic heterocycles. The van der Waals surface area contributed by atoms with Crippen molar-refractivity contribution in [2.45, 2.75) is 37.1 Å². The zero-order valence-corrected chi connectivity index (χ0v) is 17.7. The van der Waals surface area contributed by atoms with Gasteiger partial charge in [-0.05, 0) is 59.4 Å². The molecule has 0 unspecified atom stereocenters. The second-order valence-corrected chi connectivity index (χ2v) is 9.32. The molecule has 0 fully saturated rings. The molecule has 0 aliphatic carbocycles.